The number of anilines is 2. The third-order valence-corrected chi connectivity index (χ3v) is 6.78. The highest BCUT2D eigenvalue weighted by Crippen LogP contribution is 2.33. The zero-order valence-corrected chi connectivity index (χ0v) is 18.5. The Balaban J connectivity index is 1.47. The maximum atomic E-state index is 13.1. The fourth-order valence-corrected chi connectivity index (χ4v) is 5.08. The molecule has 1 amide bonds. The predicted octanol–water partition coefficient (Wildman–Crippen LogP) is 5.14. The lowest BCUT2D eigenvalue weighted by Gasteiger charge is -2.30. The fourth-order valence-electron chi connectivity index (χ4n) is 3.79. The number of benzene rings is 2. The number of carbonyl (C=O) groups excluding carboxylic acids is 1. The largest absolute Gasteiger partial charge is 0.378 e. The summed E-state index contributed by atoms with van der Waals surface area (Å²) >= 11 is 7.80. The first-order valence-corrected chi connectivity index (χ1v) is 11.3. The summed E-state index contributed by atoms with van der Waals surface area (Å²) in [5, 5.41) is 9.30. The van der Waals surface area contributed by atoms with E-state index in [-0.39, 0.29) is 5.91 Å². The van der Waals surface area contributed by atoms with Gasteiger partial charge in [0.15, 0.2) is 0 Å². The quantitative estimate of drug-likeness (QED) is 0.466. The Morgan fingerprint density at radius 1 is 1.10 bits per heavy atom. The number of aryl methyl sites for hydroxylation is 1. The van der Waals surface area contributed by atoms with Gasteiger partial charge in [-0.05, 0) is 37.3 Å². The molecular weight excluding hydrogens is 432 g/mol. The molecule has 0 unspecified atom stereocenters. The summed E-state index contributed by atoms with van der Waals surface area (Å²) in [6, 6.07) is 17.4. The van der Waals surface area contributed by atoms with Crippen molar-refractivity contribution in [3.05, 3.63) is 70.2 Å². The molecule has 1 N–H and O–H groups in total. The number of morpholine rings is 1. The van der Waals surface area contributed by atoms with Crippen LogP contribution >= 0.6 is 22.9 Å². The monoisotopic (exact) mass is 452 g/mol. The van der Waals surface area contributed by atoms with Crippen LogP contribution in [0.15, 0.2) is 54.6 Å². The number of nitrogens with one attached hydrogen (secondary N) is 1. The minimum atomic E-state index is -0.132. The summed E-state index contributed by atoms with van der Waals surface area (Å²) in [5.74, 6) is -0.132. The molecule has 0 radical (unpaired) electrons. The van der Waals surface area contributed by atoms with Crippen molar-refractivity contribution in [1.82, 2.24) is 9.78 Å². The van der Waals surface area contributed by atoms with Gasteiger partial charge >= 0.3 is 0 Å². The number of fused-ring (bicyclic) bond motifs is 1. The maximum absolute atomic E-state index is 13.1. The van der Waals surface area contributed by atoms with Crippen LogP contribution in [0, 0.1) is 6.92 Å². The standard InChI is InChI=1S/C23H21ClN4O2S/c1-15-16-14-21(31-23(16)28(26-15)19-8-4-2-6-17(19)24)22(29)25-18-7-3-5-9-20(18)27-10-12-30-13-11-27/h2-9,14H,10-13H2,1H3,(H,25,29). The molecule has 5 rings (SSSR count). The minimum absolute atomic E-state index is 0.132. The lowest BCUT2D eigenvalue weighted by Crippen LogP contribution is -2.36. The first kappa shape index (κ1) is 20.1. The molecule has 1 saturated heterocycles. The second kappa shape index (κ2) is 8.34. The molecule has 158 valence electrons. The zero-order valence-electron chi connectivity index (χ0n) is 17.0. The van der Waals surface area contributed by atoms with Crippen LogP contribution in [0.1, 0.15) is 15.4 Å². The molecule has 1 aliphatic rings. The Kier molecular flexibility index (Phi) is 5.40. The lowest BCUT2D eigenvalue weighted by atomic mass is 10.2. The number of aromatic nitrogens is 2. The van der Waals surface area contributed by atoms with Crippen LogP contribution in [0.2, 0.25) is 5.02 Å². The summed E-state index contributed by atoms with van der Waals surface area (Å²) in [4.78, 5) is 16.9. The van der Waals surface area contributed by atoms with E-state index in [9.17, 15) is 4.79 Å². The van der Waals surface area contributed by atoms with Gasteiger partial charge in [0.05, 0.1) is 45.9 Å². The van der Waals surface area contributed by atoms with Crippen molar-refractivity contribution < 1.29 is 9.53 Å². The van der Waals surface area contributed by atoms with Crippen molar-refractivity contribution in [3.8, 4) is 5.69 Å². The molecule has 1 aliphatic heterocycles. The number of carbonyl (C=O) groups is 1. The van der Waals surface area contributed by atoms with E-state index in [0.717, 1.165) is 46.1 Å². The normalized spacial score (nSPS) is 14.2. The van der Waals surface area contributed by atoms with E-state index >= 15 is 0 Å². The van der Waals surface area contributed by atoms with Gasteiger partial charge in [0.2, 0.25) is 0 Å². The van der Waals surface area contributed by atoms with Crippen LogP contribution in [0.5, 0.6) is 0 Å². The second-order valence-corrected chi connectivity index (χ2v) is 8.79. The number of thiophene rings is 1. The van der Waals surface area contributed by atoms with Gasteiger partial charge in [-0.1, -0.05) is 35.9 Å². The first-order valence-electron chi connectivity index (χ1n) is 10.1. The molecular formula is C23H21ClN4O2S. The van der Waals surface area contributed by atoms with Crippen LogP contribution in [0.4, 0.5) is 11.4 Å². The molecule has 2 aromatic carbocycles. The van der Waals surface area contributed by atoms with Crippen LogP contribution in [0.3, 0.4) is 0 Å². The number of para-hydroxylation sites is 3. The smallest absolute Gasteiger partial charge is 0.265 e. The molecule has 4 aromatic rings. The lowest BCUT2D eigenvalue weighted by molar-refractivity contribution is 0.103. The Labute approximate surface area is 189 Å². The molecule has 0 bridgehead atoms. The van der Waals surface area contributed by atoms with Gasteiger partial charge in [0, 0.05) is 18.5 Å². The van der Waals surface area contributed by atoms with Gasteiger partial charge in [-0.25, -0.2) is 4.68 Å². The average Bonchev–Trinajstić information content (AvgIpc) is 3.36. The summed E-state index contributed by atoms with van der Waals surface area (Å²) in [5.41, 5.74) is 3.47. The van der Waals surface area contributed by atoms with Crippen molar-refractivity contribution in [1.29, 1.82) is 0 Å². The van der Waals surface area contributed by atoms with Gasteiger partial charge < -0.3 is 15.0 Å². The van der Waals surface area contributed by atoms with Gasteiger partial charge in [-0.3, -0.25) is 4.79 Å². The summed E-state index contributed by atoms with van der Waals surface area (Å²) in [6.07, 6.45) is 0. The molecule has 31 heavy (non-hydrogen) atoms. The second-order valence-electron chi connectivity index (χ2n) is 7.35. The molecule has 3 heterocycles. The van der Waals surface area contributed by atoms with Crippen molar-refractivity contribution in [3.63, 3.8) is 0 Å². The van der Waals surface area contributed by atoms with E-state index in [4.69, 9.17) is 16.3 Å². The highest BCUT2D eigenvalue weighted by atomic mass is 35.5. The number of ether oxygens (including phenoxy) is 1. The molecule has 6 nitrogen and oxygen atoms in total. The average molecular weight is 453 g/mol. The Hall–Kier alpha value is -2.87. The van der Waals surface area contributed by atoms with Crippen LogP contribution in [-0.2, 0) is 4.74 Å². The number of rotatable bonds is 4. The summed E-state index contributed by atoms with van der Waals surface area (Å²) in [6.45, 7) is 4.94. The van der Waals surface area contributed by atoms with Crippen molar-refractivity contribution in [2.75, 3.05) is 36.5 Å². The van der Waals surface area contributed by atoms with Crippen LogP contribution in [0.25, 0.3) is 15.9 Å². The number of halogens is 1. The molecule has 0 saturated carbocycles. The van der Waals surface area contributed by atoms with Gasteiger partial charge in [0.1, 0.15) is 4.83 Å². The summed E-state index contributed by atoms with van der Waals surface area (Å²) in [7, 11) is 0. The van der Waals surface area contributed by atoms with E-state index in [1.54, 1.807) is 0 Å². The molecule has 0 aliphatic carbocycles. The van der Waals surface area contributed by atoms with Gasteiger partial charge in [-0.15, -0.1) is 11.3 Å². The summed E-state index contributed by atoms with van der Waals surface area (Å²) < 4.78 is 7.27. The maximum Gasteiger partial charge on any atom is 0.265 e. The van der Waals surface area contributed by atoms with Gasteiger partial charge in [-0.2, -0.15) is 5.10 Å². The fraction of sp³-hybridized carbons (Fsp3) is 0.217. The number of amides is 1. The van der Waals surface area contributed by atoms with Crippen molar-refractivity contribution in [2.45, 2.75) is 6.92 Å². The van der Waals surface area contributed by atoms with Crippen molar-refractivity contribution in [2.24, 2.45) is 0 Å². The SMILES string of the molecule is Cc1nn(-c2ccccc2Cl)c2sc(C(=O)Nc3ccccc3N3CCOCC3)cc12. The predicted molar refractivity (Wildman–Crippen MR) is 126 cm³/mol. The topological polar surface area (TPSA) is 59.4 Å². The highest BCUT2D eigenvalue weighted by Gasteiger charge is 2.20. The van der Waals surface area contributed by atoms with E-state index in [1.807, 2.05) is 66.2 Å². The van der Waals surface area contributed by atoms with Crippen LogP contribution in [-0.4, -0.2) is 42.0 Å². The Morgan fingerprint density at radius 2 is 1.81 bits per heavy atom. The Bertz CT molecular complexity index is 1260. The molecule has 0 spiro atoms. The van der Waals surface area contributed by atoms with E-state index < -0.39 is 0 Å². The van der Waals surface area contributed by atoms with Crippen LogP contribution < -0.4 is 10.2 Å². The molecule has 0 atom stereocenters. The third kappa shape index (κ3) is 3.80. The number of hydrogen-bond acceptors (Lipinski definition) is 5. The molecule has 2 aromatic heterocycles. The molecule has 8 heteroatoms. The van der Waals surface area contributed by atoms with Gasteiger partial charge in [0.25, 0.3) is 5.91 Å². The van der Waals surface area contributed by atoms with E-state index in [0.29, 0.717) is 23.1 Å². The van der Waals surface area contributed by atoms with Crippen molar-refractivity contribution >= 4 is 50.4 Å². The van der Waals surface area contributed by atoms with E-state index in [1.165, 1.54) is 11.3 Å². The molecule has 1 fully saturated rings. The minimum Gasteiger partial charge on any atom is -0.378 e. The zero-order chi connectivity index (χ0) is 21.4. The van der Waals surface area contributed by atoms with E-state index in [2.05, 4.69) is 15.3 Å². The number of nitrogens with zero attached hydrogens (tertiary/aromatic N) is 3. The highest BCUT2D eigenvalue weighted by molar-refractivity contribution is 7.20. The number of hydrogen-bond donors (Lipinski definition) is 1. The Morgan fingerprint density at radius 3 is 2.58 bits per heavy atom. The first-order chi connectivity index (χ1) is 15.1. The third-order valence-electron chi connectivity index (χ3n) is 5.35.